The minimum Gasteiger partial charge on any atom is -0.294 e. The second-order valence-corrected chi connectivity index (χ2v) is 5.96. The molecule has 1 heterocycles. The van der Waals surface area contributed by atoms with Gasteiger partial charge in [0, 0.05) is 5.56 Å². The fourth-order valence-electron chi connectivity index (χ4n) is 0.816. The second-order valence-electron chi connectivity index (χ2n) is 2.41. The molecule has 72 valence electrons. The number of hydrogen-bond donors (Lipinski definition) is 2. The fraction of sp³-hybridized carbons (Fsp3) is 0.167. The first-order valence-corrected chi connectivity index (χ1v) is 6.01. The summed E-state index contributed by atoms with van der Waals surface area (Å²) < 4.78 is 18.7. The molecular weight excluding hydrogens is 232 g/mol. The van der Waals surface area contributed by atoms with Gasteiger partial charge in [-0.15, -0.1) is 11.3 Å². The summed E-state index contributed by atoms with van der Waals surface area (Å²) >= 11 is 6.52. The van der Waals surface area contributed by atoms with Crippen LogP contribution in [-0.4, -0.2) is 9.99 Å². The van der Waals surface area contributed by atoms with Crippen molar-refractivity contribution < 1.29 is 9.00 Å². The van der Waals surface area contributed by atoms with E-state index in [2.05, 4.69) is 0 Å². The molecule has 4 nitrogen and oxygen atoms in total. The van der Waals surface area contributed by atoms with Crippen molar-refractivity contribution in [3.8, 4) is 0 Å². The number of Topliss-reactive ketones (excluding diaryl/α,β-unsaturated/α-hetero) is 1. The molecule has 1 unspecified atom stereocenters. The van der Waals surface area contributed by atoms with Gasteiger partial charge in [0.15, 0.2) is 5.78 Å². The summed E-state index contributed by atoms with van der Waals surface area (Å²) in [5.41, 5.74) is 0.178. The second kappa shape index (κ2) is 3.38. The zero-order valence-corrected chi connectivity index (χ0v) is 9.05. The number of hydrogen-bond acceptors (Lipinski definition) is 4. The molecule has 0 aliphatic carbocycles. The van der Waals surface area contributed by atoms with Gasteiger partial charge in [0.1, 0.15) is 14.1 Å². The first-order chi connectivity index (χ1) is 5.82. The molecule has 0 amide bonds. The standard InChI is InChI=1S/C6H7ClN2O2S2/c1-3(10)4-2-5(7)12-6(4)13(8,9)11/h2H,1H3,(H3,8,9,11). The van der Waals surface area contributed by atoms with Gasteiger partial charge in [0.2, 0.25) is 0 Å². The van der Waals surface area contributed by atoms with Crippen LogP contribution < -0.4 is 5.14 Å². The number of carbonyl (C=O) groups excluding carboxylic acids is 1. The molecule has 0 saturated heterocycles. The largest absolute Gasteiger partial charge is 0.294 e. The molecule has 0 aliphatic heterocycles. The van der Waals surface area contributed by atoms with Gasteiger partial charge >= 0.3 is 0 Å². The summed E-state index contributed by atoms with van der Waals surface area (Å²) in [6.45, 7) is 1.31. The van der Waals surface area contributed by atoms with E-state index in [4.69, 9.17) is 21.5 Å². The normalized spacial score (nSPS) is 15.3. The third-order valence-electron chi connectivity index (χ3n) is 1.32. The van der Waals surface area contributed by atoms with Gasteiger partial charge in [0.05, 0.1) is 4.34 Å². The van der Waals surface area contributed by atoms with Crippen LogP contribution in [0.4, 0.5) is 0 Å². The van der Waals surface area contributed by atoms with Crippen LogP contribution in [0, 0.1) is 4.78 Å². The molecule has 0 fully saturated rings. The Kier molecular flexibility index (Phi) is 2.76. The number of halogens is 1. The van der Waals surface area contributed by atoms with Crippen LogP contribution in [0.15, 0.2) is 10.3 Å². The van der Waals surface area contributed by atoms with Gasteiger partial charge in [-0.05, 0) is 13.0 Å². The van der Waals surface area contributed by atoms with Crippen LogP contribution in [0.25, 0.3) is 0 Å². The molecule has 7 heteroatoms. The van der Waals surface area contributed by atoms with E-state index in [0.717, 1.165) is 11.3 Å². The highest BCUT2D eigenvalue weighted by molar-refractivity contribution is 7.92. The maximum Gasteiger partial charge on any atom is 0.162 e. The van der Waals surface area contributed by atoms with Crippen LogP contribution >= 0.6 is 22.9 Å². The van der Waals surface area contributed by atoms with Crippen molar-refractivity contribution in [2.24, 2.45) is 5.14 Å². The van der Waals surface area contributed by atoms with E-state index in [1.807, 2.05) is 0 Å². The van der Waals surface area contributed by atoms with Crippen LogP contribution in [-0.2, 0) is 9.92 Å². The lowest BCUT2D eigenvalue weighted by molar-refractivity contribution is 0.101. The van der Waals surface area contributed by atoms with Gasteiger partial charge in [-0.25, -0.2) is 14.1 Å². The van der Waals surface area contributed by atoms with Crippen LogP contribution in [0.2, 0.25) is 4.34 Å². The van der Waals surface area contributed by atoms with Crippen molar-refractivity contribution >= 4 is 38.6 Å². The molecule has 1 atom stereocenters. The number of ketones is 1. The summed E-state index contributed by atoms with van der Waals surface area (Å²) in [6.07, 6.45) is 0. The SMILES string of the molecule is CC(=O)c1cc(Cl)sc1S(=N)(N)=O. The van der Waals surface area contributed by atoms with E-state index in [0.29, 0.717) is 4.34 Å². The van der Waals surface area contributed by atoms with Crippen molar-refractivity contribution in [1.29, 1.82) is 4.78 Å². The van der Waals surface area contributed by atoms with Crippen LogP contribution in [0.3, 0.4) is 0 Å². The minimum absolute atomic E-state index is 0.0463. The van der Waals surface area contributed by atoms with Crippen LogP contribution in [0.1, 0.15) is 17.3 Å². The number of carbonyl (C=O) groups is 1. The van der Waals surface area contributed by atoms with Crippen LogP contribution in [0.5, 0.6) is 0 Å². The Bertz CT molecular complexity index is 449. The highest BCUT2D eigenvalue weighted by Crippen LogP contribution is 2.30. The van der Waals surface area contributed by atoms with Crippen molar-refractivity contribution in [2.45, 2.75) is 11.1 Å². The van der Waals surface area contributed by atoms with E-state index < -0.39 is 9.92 Å². The maximum absolute atomic E-state index is 11.2. The van der Waals surface area contributed by atoms with Gasteiger partial charge in [-0.3, -0.25) is 4.79 Å². The molecule has 3 N–H and O–H groups in total. The Morgan fingerprint density at radius 3 is 2.62 bits per heavy atom. The summed E-state index contributed by atoms with van der Waals surface area (Å²) in [4.78, 5) is 11.0. The smallest absolute Gasteiger partial charge is 0.162 e. The first-order valence-electron chi connectivity index (χ1n) is 3.19. The average molecular weight is 239 g/mol. The highest BCUT2D eigenvalue weighted by Gasteiger charge is 2.18. The number of nitrogens with two attached hydrogens (primary N) is 1. The number of nitrogens with one attached hydrogen (secondary N) is 1. The van der Waals surface area contributed by atoms with E-state index in [1.165, 1.54) is 13.0 Å². The monoisotopic (exact) mass is 238 g/mol. The molecule has 0 aromatic carbocycles. The molecule has 0 spiro atoms. The molecule has 1 rings (SSSR count). The van der Waals surface area contributed by atoms with Crippen molar-refractivity contribution in [3.63, 3.8) is 0 Å². The Hall–Kier alpha value is -0.430. The third-order valence-corrected chi connectivity index (χ3v) is 4.14. The summed E-state index contributed by atoms with van der Waals surface area (Å²) in [6, 6.07) is 1.38. The Labute approximate surface area is 84.8 Å². The van der Waals surface area contributed by atoms with Gasteiger partial charge < -0.3 is 0 Å². The molecule has 0 bridgehead atoms. The zero-order chi connectivity index (χ0) is 10.2. The predicted octanol–water partition coefficient (Wildman–Crippen LogP) is 1.88. The molecular formula is C6H7ClN2O2S2. The third kappa shape index (κ3) is 2.28. The molecule has 0 saturated carbocycles. The summed E-state index contributed by atoms with van der Waals surface area (Å²) in [5, 5.41) is 5.10. The Morgan fingerprint density at radius 2 is 2.31 bits per heavy atom. The van der Waals surface area contributed by atoms with Crippen molar-refractivity contribution in [2.75, 3.05) is 0 Å². The van der Waals surface area contributed by atoms with Gasteiger partial charge in [-0.2, -0.15) is 0 Å². The zero-order valence-electron chi connectivity index (χ0n) is 6.67. The summed E-state index contributed by atoms with van der Waals surface area (Å²) in [7, 11) is -3.34. The van der Waals surface area contributed by atoms with Crippen molar-refractivity contribution in [3.05, 3.63) is 16.0 Å². The van der Waals surface area contributed by atoms with Gasteiger partial charge in [0.25, 0.3) is 0 Å². The van der Waals surface area contributed by atoms with E-state index in [9.17, 15) is 9.00 Å². The van der Waals surface area contributed by atoms with E-state index in [1.54, 1.807) is 0 Å². The lowest BCUT2D eigenvalue weighted by atomic mass is 10.2. The lowest BCUT2D eigenvalue weighted by Crippen LogP contribution is -2.11. The topological polar surface area (TPSA) is 84.0 Å². The molecule has 1 aromatic heterocycles. The molecule has 1 aromatic rings. The minimum atomic E-state index is -3.34. The number of thiophene rings is 1. The molecule has 0 radical (unpaired) electrons. The van der Waals surface area contributed by atoms with E-state index in [-0.39, 0.29) is 15.6 Å². The predicted molar refractivity (Wildman–Crippen MR) is 52.6 cm³/mol. The maximum atomic E-state index is 11.2. The van der Waals surface area contributed by atoms with Gasteiger partial charge in [-0.1, -0.05) is 11.6 Å². The highest BCUT2D eigenvalue weighted by atomic mass is 35.5. The van der Waals surface area contributed by atoms with E-state index >= 15 is 0 Å². The quantitative estimate of drug-likeness (QED) is 0.771. The first kappa shape index (κ1) is 10.6. The van der Waals surface area contributed by atoms with Crippen molar-refractivity contribution in [1.82, 2.24) is 0 Å². The Balaban J connectivity index is 3.46. The molecule has 0 aliphatic rings. The summed E-state index contributed by atoms with van der Waals surface area (Å²) in [5.74, 6) is -0.288. The average Bonchev–Trinajstić information content (AvgIpc) is 2.29. The Morgan fingerprint density at radius 1 is 1.77 bits per heavy atom. The number of rotatable bonds is 2. The molecule has 13 heavy (non-hydrogen) atoms. The fourth-order valence-corrected chi connectivity index (χ4v) is 3.25. The lowest BCUT2D eigenvalue weighted by Gasteiger charge is -1.98.